The van der Waals surface area contributed by atoms with Crippen molar-refractivity contribution in [1.82, 2.24) is 0 Å². The summed E-state index contributed by atoms with van der Waals surface area (Å²) in [6, 6.07) is 0. The van der Waals surface area contributed by atoms with Crippen LogP contribution in [0.1, 0.15) is 6.42 Å². The lowest BCUT2D eigenvalue weighted by atomic mass is 10.3. The Hall–Kier alpha value is -0.0800. The second kappa shape index (κ2) is 11.5. The van der Waals surface area contributed by atoms with Crippen molar-refractivity contribution in [3.63, 3.8) is 0 Å². The van der Waals surface area contributed by atoms with Crippen LogP contribution in [0.25, 0.3) is 0 Å². The van der Waals surface area contributed by atoms with E-state index in [-0.39, 0.29) is 0 Å². The highest BCUT2D eigenvalue weighted by Gasteiger charge is 2.45. The van der Waals surface area contributed by atoms with Crippen LogP contribution in [0.4, 0.5) is 0 Å². The lowest BCUT2D eigenvalue weighted by Gasteiger charge is -2.26. The first kappa shape index (κ1) is 23.9. The van der Waals surface area contributed by atoms with Crippen molar-refractivity contribution in [2.45, 2.75) is 12.1 Å². The van der Waals surface area contributed by atoms with Crippen molar-refractivity contribution < 1.29 is 57.5 Å². The highest BCUT2D eigenvalue weighted by molar-refractivity contribution is 8.10. The molecule has 0 aliphatic rings. The standard InChI is InChI=1S/C8H16O12P2S2/c1-12-17-21(23,18-13-2)6(5-7(9)10)8(11)16-22(24,19-14-3)20-15-4/h6H,5H2,1-4H3,(H,9,10). The summed E-state index contributed by atoms with van der Waals surface area (Å²) >= 11 is 9.84. The molecule has 0 fully saturated rings. The molecule has 0 aromatic carbocycles. The number of hydrogen-bond acceptors (Lipinski definition) is 13. The summed E-state index contributed by atoms with van der Waals surface area (Å²) in [5.41, 5.74) is -1.66. The normalized spacial score (nSPS) is 13.5. The van der Waals surface area contributed by atoms with Crippen molar-refractivity contribution >= 4 is 48.8 Å². The SMILES string of the molecule is COOP(=S)(OOC)OC(=O)C(CC(=O)O)P(=S)(OOC)OOC. The molecule has 0 amide bonds. The lowest BCUT2D eigenvalue weighted by molar-refractivity contribution is -0.246. The maximum atomic E-state index is 12.3. The number of carbonyl (C=O) groups is 2. The van der Waals surface area contributed by atoms with E-state index in [0.29, 0.717) is 0 Å². The zero-order valence-electron chi connectivity index (χ0n) is 12.9. The van der Waals surface area contributed by atoms with Gasteiger partial charge in [-0.2, -0.15) is 9.35 Å². The molecule has 0 rings (SSSR count). The third kappa shape index (κ3) is 7.87. The zero-order valence-corrected chi connectivity index (χ0v) is 16.4. The molecular formula is C8H16O12P2S2. The third-order valence-electron chi connectivity index (χ3n) is 1.91. The van der Waals surface area contributed by atoms with Crippen molar-refractivity contribution in [2.24, 2.45) is 0 Å². The quantitative estimate of drug-likeness (QED) is 0.254. The van der Waals surface area contributed by atoms with E-state index in [9.17, 15) is 9.59 Å². The number of rotatable bonds is 13. The van der Waals surface area contributed by atoms with E-state index in [1.807, 2.05) is 0 Å². The Morgan fingerprint density at radius 2 is 1.33 bits per heavy atom. The minimum Gasteiger partial charge on any atom is -0.481 e. The molecule has 0 aliphatic heterocycles. The van der Waals surface area contributed by atoms with Crippen LogP contribution < -0.4 is 0 Å². The van der Waals surface area contributed by atoms with Crippen LogP contribution in [0, 0.1) is 0 Å². The molecule has 12 nitrogen and oxygen atoms in total. The smallest absolute Gasteiger partial charge is 0.438 e. The van der Waals surface area contributed by atoms with E-state index >= 15 is 0 Å². The van der Waals surface area contributed by atoms with Gasteiger partial charge in [-0.15, -0.1) is 9.35 Å². The minimum absolute atomic E-state index is 0.835. The van der Waals surface area contributed by atoms with Crippen LogP contribution in [-0.4, -0.2) is 51.1 Å². The molecule has 0 bridgehead atoms. The Kier molecular flexibility index (Phi) is 11.5. The average Bonchev–Trinajstić information content (AvgIpc) is 2.45. The van der Waals surface area contributed by atoms with Gasteiger partial charge < -0.3 is 9.63 Å². The molecule has 16 heteroatoms. The number of carbonyl (C=O) groups excluding carboxylic acids is 1. The van der Waals surface area contributed by atoms with Gasteiger partial charge in [0.05, 0.1) is 34.9 Å². The molecule has 0 aromatic rings. The molecule has 0 saturated carbocycles. The van der Waals surface area contributed by atoms with Gasteiger partial charge >= 0.3 is 18.7 Å². The Balaban J connectivity index is 5.56. The van der Waals surface area contributed by atoms with Gasteiger partial charge in [-0.25, -0.2) is 19.6 Å². The molecule has 1 atom stereocenters. The Labute approximate surface area is 147 Å². The van der Waals surface area contributed by atoms with Crippen LogP contribution in [0.2, 0.25) is 0 Å². The topological polar surface area (TPSA) is 137 Å². The van der Waals surface area contributed by atoms with Crippen LogP contribution in [0.5, 0.6) is 0 Å². The average molecular weight is 430 g/mol. The number of aliphatic carboxylic acids is 1. The molecule has 0 radical (unpaired) electrons. The Bertz CT molecular complexity index is 493. The minimum atomic E-state index is -3.86. The molecule has 24 heavy (non-hydrogen) atoms. The first-order chi connectivity index (χ1) is 11.2. The van der Waals surface area contributed by atoms with E-state index < -0.39 is 37.2 Å². The maximum absolute atomic E-state index is 12.3. The first-order valence-electron chi connectivity index (χ1n) is 5.72. The third-order valence-corrected chi connectivity index (χ3v) is 6.57. The van der Waals surface area contributed by atoms with Crippen molar-refractivity contribution in [3.8, 4) is 0 Å². The number of carboxylic acids is 1. The summed E-state index contributed by atoms with van der Waals surface area (Å²) in [7, 11) is 4.31. The fourth-order valence-corrected chi connectivity index (χ4v) is 4.86. The fraction of sp³-hybridized carbons (Fsp3) is 0.750. The summed E-state index contributed by atoms with van der Waals surface area (Å²) in [6.45, 7) is -7.61. The molecule has 0 saturated heterocycles. The predicted octanol–water partition coefficient (Wildman–Crippen LogP) is 1.22. The monoisotopic (exact) mass is 430 g/mol. The molecule has 1 unspecified atom stereocenters. The van der Waals surface area contributed by atoms with Crippen LogP contribution in [0.3, 0.4) is 0 Å². The van der Waals surface area contributed by atoms with Gasteiger partial charge in [-0.05, 0) is 11.8 Å². The van der Waals surface area contributed by atoms with E-state index in [4.69, 9.17) is 42.6 Å². The first-order valence-corrected chi connectivity index (χ1v) is 11.0. The van der Waals surface area contributed by atoms with E-state index in [0.717, 1.165) is 28.4 Å². The van der Waals surface area contributed by atoms with Gasteiger partial charge in [0.25, 0.3) is 6.49 Å². The number of carboxylic acid groups (broad SMARTS) is 1. The van der Waals surface area contributed by atoms with Crippen molar-refractivity contribution in [2.75, 3.05) is 28.4 Å². The molecule has 142 valence electrons. The second-order valence-corrected chi connectivity index (χ2v) is 9.72. The number of hydrogen-bond donors (Lipinski definition) is 1. The summed E-state index contributed by atoms with van der Waals surface area (Å²) in [4.78, 5) is 40.8. The molecule has 0 aliphatic carbocycles. The zero-order chi connectivity index (χ0) is 18.8. The van der Waals surface area contributed by atoms with Gasteiger partial charge in [0, 0.05) is 11.8 Å². The van der Waals surface area contributed by atoms with E-state index in [2.05, 4.69) is 28.9 Å². The van der Waals surface area contributed by atoms with Crippen LogP contribution >= 0.6 is 13.2 Å². The van der Waals surface area contributed by atoms with Gasteiger partial charge in [0.1, 0.15) is 5.66 Å². The van der Waals surface area contributed by atoms with E-state index in [1.54, 1.807) is 0 Å². The molecule has 0 spiro atoms. The second-order valence-electron chi connectivity index (χ2n) is 3.48. The van der Waals surface area contributed by atoms with E-state index in [1.165, 1.54) is 0 Å². The summed E-state index contributed by atoms with van der Waals surface area (Å²) in [5, 5.41) is 8.98. The largest absolute Gasteiger partial charge is 0.481 e. The van der Waals surface area contributed by atoms with Crippen molar-refractivity contribution in [3.05, 3.63) is 0 Å². The summed E-state index contributed by atoms with van der Waals surface area (Å²) in [5.74, 6) is -2.66. The highest BCUT2D eigenvalue weighted by Crippen LogP contribution is 2.58. The van der Waals surface area contributed by atoms with Gasteiger partial charge in [0.15, 0.2) is 0 Å². The highest BCUT2D eigenvalue weighted by atomic mass is 32.5. The lowest BCUT2D eigenvalue weighted by Crippen LogP contribution is -2.28. The predicted molar refractivity (Wildman–Crippen MR) is 83.1 cm³/mol. The molecule has 1 N–H and O–H groups in total. The van der Waals surface area contributed by atoms with Gasteiger partial charge in [0.2, 0.25) is 0 Å². The fourth-order valence-electron chi connectivity index (χ4n) is 1.21. The maximum Gasteiger partial charge on any atom is 0.438 e. The van der Waals surface area contributed by atoms with Crippen LogP contribution in [-0.2, 0) is 76.0 Å². The molecule has 0 aromatic heterocycles. The Morgan fingerprint density at radius 3 is 1.67 bits per heavy atom. The summed E-state index contributed by atoms with van der Waals surface area (Å²) < 4.78 is 23.4. The van der Waals surface area contributed by atoms with Crippen molar-refractivity contribution in [1.29, 1.82) is 0 Å². The summed E-state index contributed by atoms with van der Waals surface area (Å²) in [6.07, 6.45) is -0.835. The van der Waals surface area contributed by atoms with Gasteiger partial charge in [-0.1, -0.05) is 0 Å². The molecule has 0 heterocycles. The van der Waals surface area contributed by atoms with Crippen LogP contribution in [0.15, 0.2) is 0 Å². The van der Waals surface area contributed by atoms with Gasteiger partial charge in [-0.3, -0.25) is 9.59 Å². The molecular weight excluding hydrogens is 414 g/mol. The Morgan fingerprint density at radius 1 is 0.917 bits per heavy atom.